The zero-order chi connectivity index (χ0) is 19.2. The number of benzene rings is 1. The summed E-state index contributed by atoms with van der Waals surface area (Å²) in [6.07, 6.45) is 5.51. The Morgan fingerprint density at radius 1 is 1.19 bits per heavy atom. The van der Waals surface area contributed by atoms with Crippen molar-refractivity contribution in [1.29, 1.82) is 0 Å². The molecule has 1 aromatic carbocycles. The molecule has 0 spiro atoms. The SMILES string of the molecule is CCC(=O)Nc1ccc(C)c(NC(=O)N2CCC(c3ccncn3)CC2)c1. The monoisotopic (exact) mass is 367 g/mol. The number of aromatic nitrogens is 2. The minimum Gasteiger partial charge on any atom is -0.326 e. The number of likely N-dealkylation sites (tertiary alicyclic amines) is 1. The summed E-state index contributed by atoms with van der Waals surface area (Å²) in [6, 6.07) is 7.36. The molecule has 2 aromatic rings. The van der Waals surface area contributed by atoms with Crippen LogP contribution in [0.1, 0.15) is 43.4 Å². The molecule has 3 rings (SSSR count). The van der Waals surface area contributed by atoms with Gasteiger partial charge >= 0.3 is 6.03 Å². The molecule has 3 amide bonds. The molecule has 0 unspecified atom stereocenters. The summed E-state index contributed by atoms with van der Waals surface area (Å²) in [5.74, 6) is 0.314. The fraction of sp³-hybridized carbons (Fsp3) is 0.400. The van der Waals surface area contributed by atoms with Crippen molar-refractivity contribution in [2.45, 2.75) is 39.0 Å². The van der Waals surface area contributed by atoms with Crippen LogP contribution in [0.5, 0.6) is 0 Å². The second-order valence-corrected chi connectivity index (χ2v) is 6.76. The molecule has 1 aliphatic heterocycles. The summed E-state index contributed by atoms with van der Waals surface area (Å²) in [5, 5.41) is 5.80. The Labute approximate surface area is 159 Å². The molecule has 0 radical (unpaired) electrons. The number of hydrogen-bond donors (Lipinski definition) is 2. The minimum atomic E-state index is -0.113. The number of hydrogen-bond acceptors (Lipinski definition) is 4. The maximum absolute atomic E-state index is 12.7. The third-order valence-corrected chi connectivity index (χ3v) is 4.89. The molecule has 7 heteroatoms. The highest BCUT2D eigenvalue weighted by atomic mass is 16.2. The summed E-state index contributed by atoms with van der Waals surface area (Å²) < 4.78 is 0. The Balaban J connectivity index is 1.59. The van der Waals surface area contributed by atoms with E-state index < -0.39 is 0 Å². The van der Waals surface area contributed by atoms with E-state index in [4.69, 9.17) is 0 Å². The second kappa shape index (κ2) is 8.62. The van der Waals surface area contributed by atoms with Gasteiger partial charge in [-0.2, -0.15) is 0 Å². The molecule has 1 fully saturated rings. The lowest BCUT2D eigenvalue weighted by Crippen LogP contribution is -2.40. The summed E-state index contributed by atoms with van der Waals surface area (Å²) in [5.41, 5.74) is 3.39. The molecular weight excluding hydrogens is 342 g/mol. The van der Waals surface area contributed by atoms with Crippen LogP contribution in [-0.2, 0) is 4.79 Å². The van der Waals surface area contributed by atoms with Crippen molar-refractivity contribution in [2.24, 2.45) is 0 Å². The van der Waals surface area contributed by atoms with Crippen molar-refractivity contribution in [3.8, 4) is 0 Å². The van der Waals surface area contributed by atoms with Gasteiger partial charge in [0.25, 0.3) is 0 Å². The lowest BCUT2D eigenvalue weighted by Gasteiger charge is -2.31. The van der Waals surface area contributed by atoms with E-state index in [0.29, 0.717) is 36.8 Å². The summed E-state index contributed by atoms with van der Waals surface area (Å²) in [6.45, 7) is 5.11. The zero-order valence-electron chi connectivity index (χ0n) is 15.7. The molecular formula is C20H25N5O2. The fourth-order valence-electron chi connectivity index (χ4n) is 3.20. The Kier molecular flexibility index (Phi) is 6.01. The Morgan fingerprint density at radius 2 is 1.96 bits per heavy atom. The molecule has 2 heterocycles. The third-order valence-electron chi connectivity index (χ3n) is 4.89. The maximum Gasteiger partial charge on any atom is 0.321 e. The molecule has 1 saturated heterocycles. The summed E-state index contributed by atoms with van der Waals surface area (Å²) in [7, 11) is 0. The highest BCUT2D eigenvalue weighted by Gasteiger charge is 2.24. The Morgan fingerprint density at radius 3 is 2.63 bits per heavy atom. The predicted molar refractivity (Wildman–Crippen MR) is 105 cm³/mol. The van der Waals surface area contributed by atoms with Crippen LogP contribution in [0.4, 0.5) is 16.2 Å². The van der Waals surface area contributed by atoms with Gasteiger partial charge in [-0.3, -0.25) is 4.79 Å². The minimum absolute atomic E-state index is 0.0528. The van der Waals surface area contributed by atoms with Crippen molar-refractivity contribution in [3.63, 3.8) is 0 Å². The van der Waals surface area contributed by atoms with Crippen molar-refractivity contribution >= 4 is 23.3 Å². The first-order valence-corrected chi connectivity index (χ1v) is 9.29. The molecule has 0 aliphatic carbocycles. The number of amides is 3. The summed E-state index contributed by atoms with van der Waals surface area (Å²) in [4.78, 5) is 34.3. The van der Waals surface area contributed by atoms with Crippen molar-refractivity contribution in [1.82, 2.24) is 14.9 Å². The van der Waals surface area contributed by atoms with Crippen LogP contribution in [0.3, 0.4) is 0 Å². The zero-order valence-corrected chi connectivity index (χ0v) is 15.7. The first kappa shape index (κ1) is 18.8. The average molecular weight is 367 g/mol. The highest BCUT2D eigenvalue weighted by molar-refractivity contribution is 5.94. The van der Waals surface area contributed by atoms with Gasteiger partial charge in [0.05, 0.1) is 0 Å². The van der Waals surface area contributed by atoms with Gasteiger partial charge in [0, 0.05) is 48.7 Å². The number of nitrogens with zero attached hydrogens (tertiary/aromatic N) is 3. The van der Waals surface area contributed by atoms with Crippen LogP contribution in [0.15, 0.2) is 36.8 Å². The van der Waals surface area contributed by atoms with Crippen LogP contribution in [0.2, 0.25) is 0 Å². The molecule has 2 N–H and O–H groups in total. The van der Waals surface area contributed by atoms with E-state index in [-0.39, 0.29) is 11.9 Å². The van der Waals surface area contributed by atoms with E-state index in [1.54, 1.807) is 25.5 Å². The molecule has 1 aliphatic rings. The lowest BCUT2D eigenvalue weighted by atomic mass is 9.93. The Bertz CT molecular complexity index is 801. The number of urea groups is 1. The van der Waals surface area contributed by atoms with Gasteiger partial charge in [-0.1, -0.05) is 13.0 Å². The van der Waals surface area contributed by atoms with Gasteiger partial charge in [-0.25, -0.2) is 14.8 Å². The smallest absolute Gasteiger partial charge is 0.321 e. The van der Waals surface area contributed by atoms with Crippen LogP contribution in [-0.4, -0.2) is 39.9 Å². The molecule has 142 valence electrons. The van der Waals surface area contributed by atoms with E-state index in [0.717, 1.165) is 24.1 Å². The second-order valence-electron chi connectivity index (χ2n) is 6.76. The van der Waals surface area contributed by atoms with E-state index in [2.05, 4.69) is 20.6 Å². The molecule has 0 saturated carbocycles. The van der Waals surface area contributed by atoms with Gasteiger partial charge in [0.1, 0.15) is 6.33 Å². The fourth-order valence-corrected chi connectivity index (χ4v) is 3.20. The van der Waals surface area contributed by atoms with E-state index in [1.165, 1.54) is 0 Å². The number of nitrogens with one attached hydrogen (secondary N) is 2. The number of rotatable bonds is 4. The van der Waals surface area contributed by atoms with Crippen molar-refractivity contribution < 1.29 is 9.59 Å². The van der Waals surface area contributed by atoms with Gasteiger partial charge in [-0.05, 0) is 43.5 Å². The van der Waals surface area contributed by atoms with E-state index in [9.17, 15) is 9.59 Å². The largest absolute Gasteiger partial charge is 0.326 e. The number of carbonyl (C=O) groups is 2. The van der Waals surface area contributed by atoms with Crippen molar-refractivity contribution in [3.05, 3.63) is 48.0 Å². The molecule has 0 atom stereocenters. The maximum atomic E-state index is 12.7. The average Bonchev–Trinajstić information content (AvgIpc) is 2.71. The van der Waals surface area contributed by atoms with E-state index in [1.807, 2.05) is 30.0 Å². The number of anilines is 2. The van der Waals surface area contributed by atoms with E-state index >= 15 is 0 Å². The highest BCUT2D eigenvalue weighted by Crippen LogP contribution is 2.27. The van der Waals surface area contributed by atoms with Crippen molar-refractivity contribution in [2.75, 3.05) is 23.7 Å². The summed E-state index contributed by atoms with van der Waals surface area (Å²) >= 11 is 0. The van der Waals surface area contributed by atoms with Crippen LogP contribution in [0, 0.1) is 6.92 Å². The first-order valence-electron chi connectivity index (χ1n) is 9.29. The molecule has 7 nitrogen and oxygen atoms in total. The first-order chi connectivity index (χ1) is 13.1. The topological polar surface area (TPSA) is 87.2 Å². The number of piperidine rings is 1. The standard InChI is InChI=1S/C20H25N5O2/c1-3-19(26)23-16-5-4-14(2)18(12-16)24-20(27)25-10-7-15(8-11-25)17-6-9-21-13-22-17/h4-6,9,12-13,15H,3,7-8,10-11H2,1-2H3,(H,23,26)(H,24,27). The van der Waals surface area contributed by atoms with Crippen LogP contribution >= 0.6 is 0 Å². The molecule has 27 heavy (non-hydrogen) atoms. The van der Waals surface area contributed by atoms with Gasteiger partial charge in [0.2, 0.25) is 5.91 Å². The van der Waals surface area contributed by atoms with Gasteiger partial charge < -0.3 is 15.5 Å². The molecule has 1 aromatic heterocycles. The van der Waals surface area contributed by atoms with Gasteiger partial charge in [-0.15, -0.1) is 0 Å². The quantitative estimate of drug-likeness (QED) is 0.865. The lowest BCUT2D eigenvalue weighted by molar-refractivity contribution is -0.115. The number of carbonyl (C=O) groups excluding carboxylic acids is 2. The third kappa shape index (κ3) is 4.81. The normalized spacial score (nSPS) is 14.7. The Hall–Kier alpha value is -2.96. The van der Waals surface area contributed by atoms with Crippen LogP contribution < -0.4 is 10.6 Å². The molecule has 0 bridgehead atoms. The van der Waals surface area contributed by atoms with Crippen LogP contribution in [0.25, 0.3) is 0 Å². The van der Waals surface area contributed by atoms with Gasteiger partial charge in [0.15, 0.2) is 0 Å². The number of aryl methyl sites for hydroxylation is 1. The predicted octanol–water partition coefficient (Wildman–Crippen LogP) is 3.55.